The van der Waals surface area contributed by atoms with Gasteiger partial charge in [0, 0.05) is 12.1 Å². The largest absolute Gasteiger partial charge is 0.364 e. The molecule has 0 saturated heterocycles. The Morgan fingerprint density at radius 3 is 2.80 bits per heavy atom. The third-order valence-electron chi connectivity index (χ3n) is 2.96. The molecule has 4 heteroatoms. The third kappa shape index (κ3) is 2.26. The molecule has 4 nitrogen and oxygen atoms in total. The van der Waals surface area contributed by atoms with Crippen molar-refractivity contribution >= 4 is 5.82 Å². The number of aryl methyl sites for hydroxylation is 2. The van der Waals surface area contributed by atoms with Gasteiger partial charge < -0.3 is 11.1 Å². The highest BCUT2D eigenvalue weighted by atomic mass is 15.1. The summed E-state index contributed by atoms with van der Waals surface area (Å²) >= 11 is 0. The summed E-state index contributed by atoms with van der Waals surface area (Å²) in [4.78, 5) is 8.72. The van der Waals surface area contributed by atoms with Gasteiger partial charge in [-0.1, -0.05) is 0 Å². The summed E-state index contributed by atoms with van der Waals surface area (Å²) in [5.74, 6) is 0.878. The van der Waals surface area contributed by atoms with Crippen LogP contribution in [0.2, 0.25) is 0 Å². The highest BCUT2D eigenvalue weighted by molar-refractivity contribution is 5.40. The van der Waals surface area contributed by atoms with E-state index in [1.165, 1.54) is 6.42 Å². The van der Waals surface area contributed by atoms with Crippen molar-refractivity contribution in [2.24, 2.45) is 5.73 Å². The van der Waals surface area contributed by atoms with E-state index in [2.05, 4.69) is 15.3 Å². The van der Waals surface area contributed by atoms with E-state index in [0.29, 0.717) is 6.04 Å². The Morgan fingerprint density at radius 2 is 2.20 bits per heavy atom. The van der Waals surface area contributed by atoms with Crippen LogP contribution in [-0.2, 0) is 0 Å². The zero-order valence-corrected chi connectivity index (χ0v) is 9.33. The van der Waals surface area contributed by atoms with E-state index < -0.39 is 0 Å². The molecule has 82 valence electrons. The smallest absolute Gasteiger partial charge is 0.147 e. The predicted molar refractivity (Wildman–Crippen MR) is 60.7 cm³/mol. The van der Waals surface area contributed by atoms with Crippen molar-refractivity contribution in [3.63, 3.8) is 0 Å². The fourth-order valence-electron chi connectivity index (χ4n) is 2.08. The molecule has 2 atom stereocenters. The van der Waals surface area contributed by atoms with Crippen LogP contribution in [0.5, 0.6) is 0 Å². The molecular formula is C11H18N4. The first-order chi connectivity index (χ1) is 7.16. The van der Waals surface area contributed by atoms with Crippen LogP contribution >= 0.6 is 0 Å². The number of hydrogen-bond acceptors (Lipinski definition) is 4. The van der Waals surface area contributed by atoms with Gasteiger partial charge in [0.05, 0.1) is 17.6 Å². The van der Waals surface area contributed by atoms with Gasteiger partial charge in [0.15, 0.2) is 0 Å². The average Bonchev–Trinajstić information content (AvgIpc) is 2.57. The standard InChI is InChI=1S/C11H18N4/c1-7-6-13-11(8(2)14-7)15-10-5-3-4-9(10)12/h6,9-10H,3-5,12H2,1-2H3,(H,13,15)/t9-,10-/m0/s1. The molecule has 1 aromatic heterocycles. The monoisotopic (exact) mass is 206 g/mol. The van der Waals surface area contributed by atoms with Crippen LogP contribution in [0, 0.1) is 13.8 Å². The zero-order chi connectivity index (χ0) is 10.8. The van der Waals surface area contributed by atoms with E-state index in [-0.39, 0.29) is 6.04 Å². The fourth-order valence-corrected chi connectivity index (χ4v) is 2.08. The van der Waals surface area contributed by atoms with Crippen LogP contribution in [-0.4, -0.2) is 22.1 Å². The van der Waals surface area contributed by atoms with Gasteiger partial charge in [-0.25, -0.2) is 4.98 Å². The van der Waals surface area contributed by atoms with Crippen LogP contribution in [0.15, 0.2) is 6.20 Å². The molecule has 0 amide bonds. The number of aromatic nitrogens is 2. The molecule has 1 saturated carbocycles. The molecule has 1 aromatic rings. The highest BCUT2D eigenvalue weighted by Crippen LogP contribution is 2.21. The van der Waals surface area contributed by atoms with Crippen LogP contribution in [0.1, 0.15) is 30.7 Å². The lowest BCUT2D eigenvalue weighted by atomic mass is 10.2. The summed E-state index contributed by atoms with van der Waals surface area (Å²) < 4.78 is 0. The molecule has 0 unspecified atom stereocenters. The Hall–Kier alpha value is -1.16. The molecule has 15 heavy (non-hydrogen) atoms. The first kappa shape index (κ1) is 10.4. The topological polar surface area (TPSA) is 63.8 Å². The van der Waals surface area contributed by atoms with E-state index in [4.69, 9.17) is 5.73 Å². The Bertz CT molecular complexity index is 350. The minimum Gasteiger partial charge on any atom is -0.364 e. The first-order valence-electron chi connectivity index (χ1n) is 5.49. The molecule has 0 spiro atoms. The maximum atomic E-state index is 6.00. The minimum atomic E-state index is 0.257. The van der Waals surface area contributed by atoms with Gasteiger partial charge >= 0.3 is 0 Å². The fraction of sp³-hybridized carbons (Fsp3) is 0.636. The van der Waals surface area contributed by atoms with Crippen molar-refractivity contribution in [2.75, 3.05) is 5.32 Å². The van der Waals surface area contributed by atoms with E-state index >= 15 is 0 Å². The van der Waals surface area contributed by atoms with Gasteiger partial charge in [-0.3, -0.25) is 4.98 Å². The van der Waals surface area contributed by atoms with E-state index in [1.807, 2.05) is 13.8 Å². The highest BCUT2D eigenvalue weighted by Gasteiger charge is 2.24. The van der Waals surface area contributed by atoms with Gasteiger partial charge in [-0.15, -0.1) is 0 Å². The number of hydrogen-bond donors (Lipinski definition) is 2. The average molecular weight is 206 g/mol. The van der Waals surface area contributed by atoms with Crippen molar-refractivity contribution in [3.05, 3.63) is 17.6 Å². The first-order valence-corrected chi connectivity index (χ1v) is 5.49. The third-order valence-corrected chi connectivity index (χ3v) is 2.96. The van der Waals surface area contributed by atoms with E-state index in [0.717, 1.165) is 30.0 Å². The minimum absolute atomic E-state index is 0.257. The van der Waals surface area contributed by atoms with E-state index in [9.17, 15) is 0 Å². The zero-order valence-electron chi connectivity index (χ0n) is 9.33. The van der Waals surface area contributed by atoms with Crippen LogP contribution < -0.4 is 11.1 Å². The van der Waals surface area contributed by atoms with Crippen molar-refractivity contribution < 1.29 is 0 Å². The van der Waals surface area contributed by atoms with Crippen LogP contribution in [0.4, 0.5) is 5.82 Å². The van der Waals surface area contributed by atoms with Gasteiger partial charge in [0.2, 0.25) is 0 Å². The molecule has 0 aromatic carbocycles. The Kier molecular flexibility index (Phi) is 2.86. The number of nitrogens with one attached hydrogen (secondary N) is 1. The van der Waals surface area contributed by atoms with Crippen LogP contribution in [0.25, 0.3) is 0 Å². The second-order valence-corrected chi connectivity index (χ2v) is 4.29. The van der Waals surface area contributed by atoms with Gasteiger partial charge in [-0.05, 0) is 33.1 Å². The number of rotatable bonds is 2. The summed E-state index contributed by atoms with van der Waals surface area (Å²) in [7, 11) is 0. The van der Waals surface area contributed by atoms with Crippen molar-refractivity contribution in [1.29, 1.82) is 0 Å². The van der Waals surface area contributed by atoms with E-state index in [1.54, 1.807) is 6.20 Å². The molecule has 0 bridgehead atoms. The van der Waals surface area contributed by atoms with Crippen molar-refractivity contribution in [3.8, 4) is 0 Å². The second kappa shape index (κ2) is 4.14. The quantitative estimate of drug-likeness (QED) is 0.767. The molecule has 1 heterocycles. The molecule has 1 fully saturated rings. The van der Waals surface area contributed by atoms with Crippen molar-refractivity contribution in [1.82, 2.24) is 9.97 Å². The maximum Gasteiger partial charge on any atom is 0.147 e. The summed E-state index contributed by atoms with van der Waals surface area (Å²) in [5.41, 5.74) is 7.90. The Morgan fingerprint density at radius 1 is 1.40 bits per heavy atom. The van der Waals surface area contributed by atoms with Gasteiger partial charge in [0.25, 0.3) is 0 Å². The lowest BCUT2D eigenvalue weighted by Crippen LogP contribution is -2.35. The SMILES string of the molecule is Cc1cnc(N[C@H]2CCC[C@@H]2N)c(C)n1. The molecule has 1 aliphatic rings. The summed E-state index contributed by atoms with van der Waals surface area (Å²) in [5, 5.41) is 3.39. The Balaban J connectivity index is 2.10. The van der Waals surface area contributed by atoms with Crippen LogP contribution in [0.3, 0.4) is 0 Å². The Labute approximate surface area is 90.3 Å². The number of anilines is 1. The van der Waals surface area contributed by atoms with Crippen molar-refractivity contribution in [2.45, 2.75) is 45.2 Å². The predicted octanol–water partition coefficient (Wildman–Crippen LogP) is 1.39. The maximum absolute atomic E-state index is 6.00. The molecule has 0 aliphatic heterocycles. The van der Waals surface area contributed by atoms with Gasteiger partial charge in [0.1, 0.15) is 5.82 Å². The molecule has 0 radical (unpaired) electrons. The summed E-state index contributed by atoms with van der Waals surface area (Å²) in [6, 6.07) is 0.619. The lowest BCUT2D eigenvalue weighted by Gasteiger charge is -2.18. The summed E-state index contributed by atoms with van der Waals surface area (Å²) in [6.45, 7) is 3.92. The molecule has 3 N–H and O–H groups in total. The second-order valence-electron chi connectivity index (χ2n) is 4.29. The molecule has 1 aliphatic carbocycles. The molecular weight excluding hydrogens is 188 g/mol. The lowest BCUT2D eigenvalue weighted by molar-refractivity contribution is 0.634. The number of nitrogens with zero attached hydrogens (tertiary/aromatic N) is 2. The molecule has 2 rings (SSSR count). The normalized spacial score (nSPS) is 25.5. The summed E-state index contributed by atoms with van der Waals surface area (Å²) in [6.07, 6.45) is 5.24. The van der Waals surface area contributed by atoms with Gasteiger partial charge in [-0.2, -0.15) is 0 Å². The number of nitrogens with two attached hydrogens (primary N) is 1.